The molecule has 1 saturated heterocycles. The van der Waals surface area contributed by atoms with E-state index in [0.29, 0.717) is 23.2 Å². The number of amides is 1. The molecular weight excluding hydrogens is 410 g/mol. The van der Waals surface area contributed by atoms with Crippen molar-refractivity contribution >= 4 is 17.7 Å². The van der Waals surface area contributed by atoms with Gasteiger partial charge in [-0.3, -0.25) is 14.3 Å². The van der Waals surface area contributed by atoms with Crippen LogP contribution in [0.1, 0.15) is 25.1 Å². The molecule has 6 nitrogen and oxygen atoms in total. The van der Waals surface area contributed by atoms with Crippen molar-refractivity contribution in [3.63, 3.8) is 0 Å². The van der Waals surface area contributed by atoms with Gasteiger partial charge in [0.15, 0.2) is 11.0 Å². The highest BCUT2D eigenvalue weighted by atomic mass is 32.2. The Kier molecular flexibility index (Phi) is 7.12. The van der Waals surface area contributed by atoms with Gasteiger partial charge in [0, 0.05) is 5.69 Å². The summed E-state index contributed by atoms with van der Waals surface area (Å²) in [5.74, 6) is -0.741. The molecule has 11 heteroatoms. The molecule has 29 heavy (non-hydrogen) atoms. The molecule has 2 heterocycles. The fraction of sp³-hybridized carbons (Fsp3) is 0.500. The molecule has 1 aliphatic heterocycles. The number of carbonyl (C=O) groups is 1. The van der Waals surface area contributed by atoms with Crippen LogP contribution in [0.15, 0.2) is 29.4 Å². The molecule has 3 rings (SSSR count). The zero-order chi connectivity index (χ0) is 20.9. The van der Waals surface area contributed by atoms with Crippen LogP contribution >= 0.6 is 11.8 Å². The Morgan fingerprint density at radius 1 is 1.10 bits per heavy atom. The lowest BCUT2D eigenvalue weighted by molar-refractivity contribution is -0.136. The zero-order valence-corrected chi connectivity index (χ0v) is 16.4. The molecule has 0 spiro atoms. The first-order valence-electron chi connectivity index (χ1n) is 9.21. The van der Waals surface area contributed by atoms with Gasteiger partial charge >= 0.3 is 6.18 Å². The Bertz CT molecular complexity index is 819. The number of thioether (sulfide) groups is 1. The van der Waals surface area contributed by atoms with E-state index in [0.717, 1.165) is 37.7 Å². The normalized spacial score (nSPS) is 15.4. The van der Waals surface area contributed by atoms with Crippen LogP contribution in [0.4, 0.5) is 17.6 Å². The molecule has 1 N–H and O–H groups in total. The van der Waals surface area contributed by atoms with Crippen LogP contribution in [0, 0.1) is 5.82 Å². The minimum absolute atomic E-state index is 0.237. The largest absolute Gasteiger partial charge is 0.405 e. The third kappa shape index (κ3) is 6.43. The highest BCUT2D eigenvalue weighted by Crippen LogP contribution is 2.24. The van der Waals surface area contributed by atoms with E-state index in [1.54, 1.807) is 16.7 Å². The van der Waals surface area contributed by atoms with E-state index in [4.69, 9.17) is 0 Å². The van der Waals surface area contributed by atoms with Crippen LogP contribution in [-0.2, 0) is 11.3 Å². The summed E-state index contributed by atoms with van der Waals surface area (Å²) in [6.45, 7) is 1.06. The predicted octanol–water partition coefficient (Wildman–Crippen LogP) is 3.16. The molecule has 1 aliphatic rings. The zero-order valence-electron chi connectivity index (χ0n) is 15.6. The van der Waals surface area contributed by atoms with Crippen LogP contribution in [0.3, 0.4) is 0 Å². The van der Waals surface area contributed by atoms with E-state index in [2.05, 4.69) is 15.1 Å². The molecule has 0 radical (unpaired) electrons. The van der Waals surface area contributed by atoms with Crippen molar-refractivity contribution in [3.8, 4) is 5.69 Å². The average molecular weight is 431 g/mol. The first-order valence-corrected chi connectivity index (χ1v) is 10.2. The quantitative estimate of drug-likeness (QED) is 0.539. The van der Waals surface area contributed by atoms with Crippen molar-refractivity contribution in [1.82, 2.24) is 25.0 Å². The third-order valence-electron chi connectivity index (χ3n) is 4.42. The second kappa shape index (κ2) is 9.57. The molecule has 0 aliphatic carbocycles. The smallest absolute Gasteiger partial charge is 0.346 e. The van der Waals surface area contributed by atoms with Crippen molar-refractivity contribution in [3.05, 3.63) is 35.9 Å². The van der Waals surface area contributed by atoms with E-state index >= 15 is 0 Å². The first kappa shape index (κ1) is 21.6. The second-order valence-electron chi connectivity index (χ2n) is 6.73. The summed E-state index contributed by atoms with van der Waals surface area (Å²) in [5, 5.41) is 10.5. The number of alkyl halides is 3. The minimum Gasteiger partial charge on any atom is -0.346 e. The van der Waals surface area contributed by atoms with Crippen LogP contribution in [0.2, 0.25) is 0 Å². The number of benzene rings is 1. The highest BCUT2D eigenvalue weighted by molar-refractivity contribution is 7.99. The van der Waals surface area contributed by atoms with Crippen LogP contribution in [0.25, 0.3) is 5.69 Å². The lowest BCUT2D eigenvalue weighted by atomic mass is 10.1. The van der Waals surface area contributed by atoms with Gasteiger partial charge in [-0.25, -0.2) is 4.39 Å². The Labute approximate surface area is 169 Å². The van der Waals surface area contributed by atoms with Crippen molar-refractivity contribution in [2.75, 3.05) is 25.4 Å². The number of carbonyl (C=O) groups excluding carboxylic acids is 1. The number of hydrogen-bond donors (Lipinski definition) is 1. The maximum Gasteiger partial charge on any atom is 0.405 e. The Hall–Kier alpha value is -2.14. The van der Waals surface area contributed by atoms with Gasteiger partial charge in [-0.1, -0.05) is 18.2 Å². The standard InChI is InChI=1S/C18H21F4N5OS/c19-13-4-6-14(7-5-13)27-15(10-26-8-2-1-3-9-26)24-25-17(27)29-11-16(28)23-12-18(20,21)22/h4-7H,1-3,8-12H2,(H,23,28). The molecule has 0 bridgehead atoms. The Morgan fingerprint density at radius 3 is 2.45 bits per heavy atom. The lowest BCUT2D eigenvalue weighted by Gasteiger charge is -2.26. The van der Waals surface area contributed by atoms with E-state index in [1.165, 1.54) is 18.6 Å². The molecule has 1 fully saturated rings. The van der Waals surface area contributed by atoms with Gasteiger partial charge in [0.25, 0.3) is 0 Å². The Balaban J connectivity index is 1.75. The number of likely N-dealkylation sites (tertiary alicyclic amines) is 1. The molecule has 0 saturated carbocycles. The minimum atomic E-state index is -4.46. The molecule has 0 unspecified atom stereocenters. The molecule has 2 aromatic rings. The van der Waals surface area contributed by atoms with E-state index in [-0.39, 0.29) is 11.6 Å². The summed E-state index contributed by atoms with van der Waals surface area (Å²) in [5.41, 5.74) is 0.626. The number of hydrogen-bond acceptors (Lipinski definition) is 5. The fourth-order valence-corrected chi connectivity index (χ4v) is 3.84. The number of aromatic nitrogens is 3. The van der Waals surface area contributed by atoms with E-state index < -0.39 is 18.6 Å². The van der Waals surface area contributed by atoms with Crippen LogP contribution in [0.5, 0.6) is 0 Å². The third-order valence-corrected chi connectivity index (χ3v) is 5.35. The average Bonchev–Trinajstić information content (AvgIpc) is 3.08. The summed E-state index contributed by atoms with van der Waals surface area (Å²) < 4.78 is 51.8. The first-order chi connectivity index (χ1) is 13.8. The van der Waals surface area contributed by atoms with Crippen LogP contribution < -0.4 is 5.32 Å². The molecule has 1 aromatic heterocycles. The highest BCUT2D eigenvalue weighted by Gasteiger charge is 2.28. The number of nitrogens with zero attached hydrogens (tertiary/aromatic N) is 4. The van der Waals surface area contributed by atoms with Gasteiger partial charge in [-0.05, 0) is 50.2 Å². The van der Waals surface area contributed by atoms with Gasteiger partial charge in [-0.2, -0.15) is 13.2 Å². The van der Waals surface area contributed by atoms with Crippen molar-refractivity contribution in [2.24, 2.45) is 0 Å². The molecular formula is C18H21F4N5OS. The summed E-state index contributed by atoms with van der Waals surface area (Å²) in [6, 6.07) is 5.77. The number of piperidine rings is 1. The molecule has 158 valence electrons. The summed E-state index contributed by atoms with van der Waals surface area (Å²) in [4.78, 5) is 14.0. The van der Waals surface area contributed by atoms with Gasteiger partial charge in [-0.15, -0.1) is 10.2 Å². The van der Waals surface area contributed by atoms with Gasteiger partial charge in [0.05, 0.1) is 12.3 Å². The monoisotopic (exact) mass is 431 g/mol. The number of rotatable bonds is 7. The van der Waals surface area contributed by atoms with Gasteiger partial charge in [0.2, 0.25) is 5.91 Å². The Morgan fingerprint density at radius 2 is 1.79 bits per heavy atom. The fourth-order valence-electron chi connectivity index (χ4n) is 3.04. The van der Waals surface area contributed by atoms with E-state index in [9.17, 15) is 22.4 Å². The number of halogens is 4. The lowest BCUT2D eigenvalue weighted by Crippen LogP contribution is -2.34. The molecule has 0 atom stereocenters. The van der Waals surface area contributed by atoms with E-state index in [1.807, 2.05) is 5.32 Å². The summed E-state index contributed by atoms with van der Waals surface area (Å²) in [7, 11) is 0. The summed E-state index contributed by atoms with van der Waals surface area (Å²) in [6.07, 6.45) is -1.07. The SMILES string of the molecule is O=C(CSc1nnc(CN2CCCCC2)n1-c1ccc(F)cc1)NCC(F)(F)F. The van der Waals surface area contributed by atoms with Crippen molar-refractivity contribution in [1.29, 1.82) is 0 Å². The predicted molar refractivity (Wildman–Crippen MR) is 100 cm³/mol. The maximum absolute atomic E-state index is 13.3. The van der Waals surface area contributed by atoms with Crippen molar-refractivity contribution < 1.29 is 22.4 Å². The van der Waals surface area contributed by atoms with Crippen LogP contribution in [-0.4, -0.2) is 57.1 Å². The van der Waals surface area contributed by atoms with Gasteiger partial charge < -0.3 is 5.32 Å². The maximum atomic E-state index is 13.3. The second-order valence-corrected chi connectivity index (χ2v) is 7.67. The summed E-state index contributed by atoms with van der Waals surface area (Å²) >= 11 is 0.985. The molecule has 1 aromatic carbocycles. The van der Waals surface area contributed by atoms with Crippen molar-refractivity contribution in [2.45, 2.75) is 37.1 Å². The molecule has 1 amide bonds. The number of nitrogens with one attached hydrogen (secondary N) is 1. The topological polar surface area (TPSA) is 63.1 Å². The van der Waals surface area contributed by atoms with Gasteiger partial charge in [0.1, 0.15) is 12.4 Å².